The first-order valence-corrected chi connectivity index (χ1v) is 12.7. The van der Waals surface area contributed by atoms with E-state index in [9.17, 15) is 33.6 Å². The molecule has 3 rings (SSSR count). The molecule has 1 saturated heterocycles. The number of amides is 2. The molecule has 8 N–H and O–H groups in total. The molecular formula is C11H18N3O14P3. The van der Waals surface area contributed by atoms with E-state index in [1.165, 1.54) is 6.20 Å². The summed E-state index contributed by atoms with van der Waals surface area (Å²) in [6, 6.07) is -0.685. The lowest BCUT2D eigenvalue weighted by Gasteiger charge is -2.33. The number of aliphatic hydroxyl groups is 2. The summed E-state index contributed by atoms with van der Waals surface area (Å²) in [6.07, 6.45) is -2.24. The van der Waals surface area contributed by atoms with Crippen LogP contribution < -0.4 is 10.6 Å². The summed E-state index contributed by atoms with van der Waals surface area (Å²) in [4.78, 5) is 48.7. The molecule has 3 aliphatic heterocycles. The summed E-state index contributed by atoms with van der Waals surface area (Å²) >= 11 is 0. The Morgan fingerprint density at radius 3 is 2.39 bits per heavy atom. The molecule has 20 heteroatoms. The predicted molar refractivity (Wildman–Crippen MR) is 95.0 cm³/mol. The second kappa shape index (κ2) is 8.65. The minimum atomic E-state index is -5.71. The summed E-state index contributed by atoms with van der Waals surface area (Å²) in [5.74, 6) is 0. The number of carbonyl (C=O) groups is 1. The number of carbonyl (C=O) groups excluding carboxylic acids is 1. The molecule has 2 amide bonds. The van der Waals surface area contributed by atoms with Gasteiger partial charge in [-0.3, -0.25) is 9.42 Å². The Labute approximate surface area is 173 Å². The Morgan fingerprint density at radius 2 is 1.74 bits per heavy atom. The van der Waals surface area contributed by atoms with Crippen molar-refractivity contribution in [2.45, 2.75) is 30.7 Å². The van der Waals surface area contributed by atoms with Crippen LogP contribution in [0.25, 0.3) is 0 Å². The van der Waals surface area contributed by atoms with Gasteiger partial charge in [-0.2, -0.15) is 8.62 Å². The highest BCUT2D eigenvalue weighted by atomic mass is 31.3. The average molecular weight is 509 g/mol. The standard InChI is InChI=1S/C11H18N3O14P3/c15-7-6(4-25-30(21,22)28-31(23,24)27-29(18,19)20)26-10(8(7)16)14-3-5-1-2-12-9(5)13-11(14)17/h1-3,6-10,12,15-16H,4H2,(H,13,17)(H,21,22)(H,23,24)(H2,18,19,20). The van der Waals surface area contributed by atoms with Gasteiger partial charge in [0.2, 0.25) is 0 Å². The van der Waals surface area contributed by atoms with Gasteiger partial charge >= 0.3 is 29.5 Å². The number of hydrogen-bond donors (Lipinski definition) is 8. The van der Waals surface area contributed by atoms with Crippen LogP contribution in [0.1, 0.15) is 0 Å². The monoisotopic (exact) mass is 509 g/mol. The molecule has 31 heavy (non-hydrogen) atoms. The van der Waals surface area contributed by atoms with Crippen molar-refractivity contribution < 1.29 is 66.2 Å². The van der Waals surface area contributed by atoms with E-state index in [2.05, 4.69) is 23.8 Å². The van der Waals surface area contributed by atoms with Crippen LogP contribution in [0.5, 0.6) is 0 Å². The van der Waals surface area contributed by atoms with Crippen molar-refractivity contribution in [3.8, 4) is 0 Å². The summed E-state index contributed by atoms with van der Waals surface area (Å²) in [5, 5.41) is 25.7. The molecular weight excluding hydrogens is 491 g/mol. The largest absolute Gasteiger partial charge is 0.490 e. The van der Waals surface area contributed by atoms with E-state index in [-0.39, 0.29) is 0 Å². The van der Waals surface area contributed by atoms with E-state index >= 15 is 0 Å². The summed E-state index contributed by atoms with van der Waals surface area (Å²) in [5.41, 5.74) is 0.613. The number of fused-ring (bicyclic) bond motifs is 1. The van der Waals surface area contributed by atoms with E-state index in [0.717, 1.165) is 4.90 Å². The van der Waals surface area contributed by atoms with Gasteiger partial charge in [-0.15, -0.1) is 0 Å². The first-order valence-electron chi connectivity index (χ1n) is 8.20. The van der Waals surface area contributed by atoms with Crippen molar-refractivity contribution >= 4 is 29.5 Å². The Bertz CT molecular complexity index is 934. The molecule has 0 spiro atoms. The lowest BCUT2D eigenvalue weighted by molar-refractivity contribution is -0.0657. The third-order valence-electron chi connectivity index (χ3n) is 4.09. The second-order valence-electron chi connectivity index (χ2n) is 6.35. The fourth-order valence-corrected chi connectivity index (χ4v) is 5.88. The first-order chi connectivity index (χ1) is 14.2. The number of aliphatic hydroxyl groups excluding tert-OH is 2. The number of ether oxygens (including phenoxy) is 1. The van der Waals surface area contributed by atoms with Gasteiger partial charge in [0.05, 0.1) is 6.61 Å². The number of phosphoric acid groups is 3. The average Bonchev–Trinajstić information content (AvgIpc) is 3.14. The molecule has 0 aromatic rings. The van der Waals surface area contributed by atoms with Crippen LogP contribution in [-0.2, 0) is 31.6 Å². The molecule has 0 saturated carbocycles. The number of rotatable bonds is 8. The minimum absolute atomic E-state index is 0.478. The smallest absolute Gasteiger partial charge is 0.387 e. The van der Waals surface area contributed by atoms with E-state index in [1.54, 1.807) is 12.3 Å². The predicted octanol–water partition coefficient (Wildman–Crippen LogP) is -1.87. The van der Waals surface area contributed by atoms with Crippen LogP contribution in [0.3, 0.4) is 0 Å². The number of nitrogens with zero attached hydrogens (tertiary/aromatic N) is 1. The number of urea groups is 1. The van der Waals surface area contributed by atoms with Crippen molar-refractivity contribution in [2.75, 3.05) is 6.61 Å². The quantitative estimate of drug-likeness (QED) is 0.167. The zero-order valence-electron chi connectivity index (χ0n) is 15.1. The highest BCUT2D eigenvalue weighted by Gasteiger charge is 2.49. The van der Waals surface area contributed by atoms with Gasteiger partial charge in [0.25, 0.3) is 0 Å². The maximum atomic E-state index is 12.2. The zero-order valence-corrected chi connectivity index (χ0v) is 17.7. The molecule has 7 atom stereocenters. The molecule has 176 valence electrons. The van der Waals surface area contributed by atoms with Crippen LogP contribution in [0, 0.1) is 0 Å². The number of nitrogens with one attached hydrogen (secondary N) is 2. The summed E-state index contributed by atoms with van der Waals surface area (Å²) < 4.78 is 50.5. The van der Waals surface area contributed by atoms with Gasteiger partial charge in [0.15, 0.2) is 6.23 Å². The Hall–Kier alpha value is -1.16. The van der Waals surface area contributed by atoms with E-state index in [1.807, 2.05) is 0 Å². The van der Waals surface area contributed by atoms with Crippen LogP contribution in [0.4, 0.5) is 4.79 Å². The van der Waals surface area contributed by atoms with Gasteiger partial charge in [-0.1, -0.05) is 0 Å². The molecule has 0 aromatic carbocycles. The van der Waals surface area contributed by atoms with Crippen molar-refractivity contribution in [1.29, 1.82) is 0 Å². The third-order valence-corrected chi connectivity index (χ3v) is 7.89. The molecule has 17 nitrogen and oxygen atoms in total. The van der Waals surface area contributed by atoms with Crippen molar-refractivity contribution in [3.05, 3.63) is 24.0 Å². The summed E-state index contributed by atoms with van der Waals surface area (Å²) in [6.45, 7) is -0.992. The van der Waals surface area contributed by atoms with Crippen LogP contribution in [0.15, 0.2) is 24.0 Å². The Kier molecular flexibility index (Phi) is 6.83. The van der Waals surface area contributed by atoms with E-state index < -0.39 is 66.8 Å². The highest BCUT2D eigenvalue weighted by molar-refractivity contribution is 7.66. The fraction of sp³-hybridized carbons (Fsp3) is 0.545. The topological polar surface area (TPSA) is 254 Å². The zero-order chi connectivity index (χ0) is 23.2. The maximum Gasteiger partial charge on any atom is 0.490 e. The Balaban J connectivity index is 1.63. The maximum absolute atomic E-state index is 12.2. The van der Waals surface area contributed by atoms with Gasteiger partial charge in [-0.25, -0.2) is 18.5 Å². The fourth-order valence-electron chi connectivity index (χ4n) is 2.85. The van der Waals surface area contributed by atoms with Gasteiger partial charge in [-0.05, 0) is 12.3 Å². The number of hydrogen-bond acceptors (Lipinski definition) is 11. The Morgan fingerprint density at radius 1 is 1.06 bits per heavy atom. The van der Waals surface area contributed by atoms with Crippen LogP contribution in [-0.4, -0.2) is 78.0 Å². The van der Waals surface area contributed by atoms with E-state index in [4.69, 9.17) is 19.4 Å². The van der Waals surface area contributed by atoms with Crippen molar-refractivity contribution in [3.63, 3.8) is 0 Å². The normalized spacial score (nSPS) is 34.4. The molecule has 1 fully saturated rings. The summed E-state index contributed by atoms with van der Waals surface area (Å²) in [7, 11) is -16.7. The van der Waals surface area contributed by atoms with Gasteiger partial charge in [0.1, 0.15) is 24.5 Å². The molecule has 0 aliphatic carbocycles. The lowest BCUT2D eigenvalue weighted by atomic mass is 10.1. The van der Waals surface area contributed by atoms with Crippen LogP contribution >= 0.6 is 23.5 Å². The molecule has 3 heterocycles. The lowest BCUT2D eigenvalue weighted by Crippen LogP contribution is -2.56. The second-order valence-corrected chi connectivity index (χ2v) is 10.8. The molecule has 0 bridgehead atoms. The van der Waals surface area contributed by atoms with Gasteiger partial charge < -0.3 is 45.2 Å². The molecule has 0 radical (unpaired) electrons. The number of phosphoric ester groups is 1. The van der Waals surface area contributed by atoms with E-state index in [0.29, 0.717) is 5.57 Å². The van der Waals surface area contributed by atoms with Crippen LogP contribution in [0.2, 0.25) is 0 Å². The van der Waals surface area contributed by atoms with Gasteiger partial charge in [0, 0.05) is 11.8 Å². The third kappa shape index (κ3) is 6.00. The highest BCUT2D eigenvalue weighted by Crippen LogP contribution is 2.66. The molecule has 0 aromatic heterocycles. The van der Waals surface area contributed by atoms with Crippen molar-refractivity contribution in [1.82, 2.24) is 15.5 Å². The SMILES string of the molecule is O=C1NC2NC=CC2=CN1C1OC(COP(=O)(O)OP(=O)(O)OP(=O)(O)O)C(O)C1O. The molecule has 7 unspecified atom stereocenters. The minimum Gasteiger partial charge on any atom is -0.387 e. The first kappa shape index (κ1) is 24.5. The van der Waals surface area contributed by atoms with Crippen molar-refractivity contribution in [2.24, 2.45) is 0 Å². The molecule has 3 aliphatic rings.